The van der Waals surface area contributed by atoms with Gasteiger partial charge in [-0.25, -0.2) is 9.97 Å². The zero-order valence-corrected chi connectivity index (χ0v) is 17.0. The number of aromatic nitrogens is 5. The van der Waals surface area contributed by atoms with Crippen molar-refractivity contribution in [3.8, 4) is 33.6 Å². The third-order valence-electron chi connectivity index (χ3n) is 6.36. The summed E-state index contributed by atoms with van der Waals surface area (Å²) in [5.41, 5.74) is 13.6. The number of imidazole rings is 1. The minimum absolute atomic E-state index is 0.166. The molecule has 1 aliphatic rings. The SMILES string of the molecule is NC1(c2ccc(-c3nc4ncc(-c5cn[nH]c5)n4cc3-c3ccccc3)cc2)CCC1. The van der Waals surface area contributed by atoms with Crippen LogP contribution in [0.5, 0.6) is 0 Å². The number of nitrogens with zero attached hydrogens (tertiary/aromatic N) is 4. The van der Waals surface area contributed by atoms with Gasteiger partial charge < -0.3 is 5.73 Å². The molecular formula is C25H22N6. The number of benzene rings is 2. The molecule has 31 heavy (non-hydrogen) atoms. The molecule has 0 atom stereocenters. The van der Waals surface area contributed by atoms with E-state index in [-0.39, 0.29) is 5.54 Å². The molecule has 6 heteroatoms. The normalized spacial score (nSPS) is 15.1. The Morgan fingerprint density at radius 3 is 2.39 bits per heavy atom. The smallest absolute Gasteiger partial charge is 0.234 e. The molecule has 0 unspecified atom stereocenters. The largest absolute Gasteiger partial charge is 0.321 e. The summed E-state index contributed by atoms with van der Waals surface area (Å²) in [5, 5.41) is 6.95. The van der Waals surface area contributed by atoms with E-state index in [1.807, 2.05) is 35.0 Å². The molecule has 1 saturated carbocycles. The minimum Gasteiger partial charge on any atom is -0.321 e. The van der Waals surface area contributed by atoms with Crippen LogP contribution in [0.1, 0.15) is 24.8 Å². The second-order valence-electron chi connectivity index (χ2n) is 8.26. The molecule has 0 saturated heterocycles. The highest BCUT2D eigenvalue weighted by Gasteiger charge is 2.34. The van der Waals surface area contributed by atoms with Crippen LogP contribution in [-0.2, 0) is 5.54 Å². The second kappa shape index (κ2) is 6.89. The van der Waals surface area contributed by atoms with Crippen molar-refractivity contribution in [3.05, 3.63) is 84.9 Å². The number of hydrogen-bond acceptors (Lipinski definition) is 4. The predicted octanol–water partition coefficient (Wildman–Crippen LogP) is 4.79. The zero-order chi connectivity index (χ0) is 20.8. The fraction of sp³-hybridized carbons (Fsp3) is 0.160. The van der Waals surface area contributed by atoms with Crippen LogP contribution in [0, 0.1) is 0 Å². The van der Waals surface area contributed by atoms with Crippen LogP contribution in [0.15, 0.2) is 79.4 Å². The minimum atomic E-state index is -0.166. The Morgan fingerprint density at radius 2 is 1.71 bits per heavy atom. The Bertz CT molecular complexity index is 1350. The van der Waals surface area contributed by atoms with Gasteiger partial charge in [0, 0.05) is 34.6 Å². The van der Waals surface area contributed by atoms with E-state index in [2.05, 4.69) is 57.8 Å². The fourth-order valence-electron chi connectivity index (χ4n) is 4.37. The van der Waals surface area contributed by atoms with Crippen LogP contribution in [-0.4, -0.2) is 24.6 Å². The van der Waals surface area contributed by atoms with Gasteiger partial charge in [-0.05, 0) is 30.4 Å². The summed E-state index contributed by atoms with van der Waals surface area (Å²) in [6.45, 7) is 0. The van der Waals surface area contributed by atoms with Gasteiger partial charge in [-0.2, -0.15) is 5.10 Å². The van der Waals surface area contributed by atoms with Gasteiger partial charge in [-0.1, -0.05) is 54.6 Å². The number of rotatable bonds is 4. The molecule has 2 aromatic carbocycles. The van der Waals surface area contributed by atoms with Crippen molar-refractivity contribution in [2.75, 3.05) is 0 Å². The lowest BCUT2D eigenvalue weighted by Crippen LogP contribution is -2.43. The molecule has 6 nitrogen and oxygen atoms in total. The lowest BCUT2D eigenvalue weighted by atomic mass is 9.72. The molecule has 1 aliphatic carbocycles. The van der Waals surface area contributed by atoms with Gasteiger partial charge in [-0.3, -0.25) is 9.50 Å². The first kappa shape index (κ1) is 18.0. The van der Waals surface area contributed by atoms with Gasteiger partial charge in [0.15, 0.2) is 0 Å². The molecule has 0 amide bonds. The number of nitrogens with two attached hydrogens (primary N) is 1. The van der Waals surface area contributed by atoms with Crippen LogP contribution < -0.4 is 5.73 Å². The molecule has 3 N–H and O–H groups in total. The number of fused-ring (bicyclic) bond motifs is 1. The van der Waals surface area contributed by atoms with Crippen LogP contribution in [0.3, 0.4) is 0 Å². The highest BCUT2D eigenvalue weighted by Crippen LogP contribution is 2.40. The predicted molar refractivity (Wildman–Crippen MR) is 121 cm³/mol. The lowest BCUT2D eigenvalue weighted by molar-refractivity contribution is 0.253. The molecule has 3 aromatic heterocycles. The summed E-state index contributed by atoms with van der Waals surface area (Å²) >= 11 is 0. The van der Waals surface area contributed by atoms with E-state index in [4.69, 9.17) is 10.7 Å². The number of hydrogen-bond donors (Lipinski definition) is 2. The topological polar surface area (TPSA) is 84.9 Å². The molecule has 6 rings (SSSR count). The van der Waals surface area contributed by atoms with Crippen molar-refractivity contribution in [2.24, 2.45) is 5.73 Å². The quantitative estimate of drug-likeness (QED) is 0.449. The Morgan fingerprint density at radius 1 is 0.903 bits per heavy atom. The van der Waals surface area contributed by atoms with E-state index < -0.39 is 0 Å². The standard InChI is InChI=1S/C25H22N6/c26-25(11-4-12-25)20-9-7-18(8-10-20)23-21(17-5-2-1-3-6-17)16-31-22(15-27-24(31)30-23)19-13-28-29-14-19/h1-3,5-10,13-16H,4,11-12,26H2,(H,28,29). The summed E-state index contributed by atoms with van der Waals surface area (Å²) in [4.78, 5) is 9.53. The molecule has 0 bridgehead atoms. The van der Waals surface area contributed by atoms with Crippen molar-refractivity contribution < 1.29 is 0 Å². The van der Waals surface area contributed by atoms with Crippen LogP contribution in [0.4, 0.5) is 0 Å². The summed E-state index contributed by atoms with van der Waals surface area (Å²) in [6, 6.07) is 18.9. The van der Waals surface area contributed by atoms with Crippen LogP contribution >= 0.6 is 0 Å². The van der Waals surface area contributed by atoms with Crippen molar-refractivity contribution in [2.45, 2.75) is 24.8 Å². The average Bonchev–Trinajstić information content (AvgIpc) is 3.47. The number of aromatic amines is 1. The second-order valence-corrected chi connectivity index (χ2v) is 8.26. The van der Waals surface area contributed by atoms with Crippen LogP contribution in [0.25, 0.3) is 39.4 Å². The summed E-state index contributed by atoms with van der Waals surface area (Å²) < 4.78 is 2.02. The maximum Gasteiger partial charge on any atom is 0.234 e. The van der Waals surface area contributed by atoms with Gasteiger partial charge in [0.1, 0.15) is 0 Å². The summed E-state index contributed by atoms with van der Waals surface area (Å²) in [6.07, 6.45) is 10.9. The average molecular weight is 406 g/mol. The Kier molecular flexibility index (Phi) is 4.01. The molecule has 0 aliphatic heterocycles. The first-order valence-corrected chi connectivity index (χ1v) is 10.5. The molecule has 3 heterocycles. The van der Waals surface area contributed by atoms with Gasteiger partial charge >= 0.3 is 0 Å². The van der Waals surface area contributed by atoms with Crippen molar-refractivity contribution in [3.63, 3.8) is 0 Å². The Labute approximate surface area is 179 Å². The molecule has 1 fully saturated rings. The van der Waals surface area contributed by atoms with E-state index in [1.165, 1.54) is 12.0 Å². The van der Waals surface area contributed by atoms with Crippen molar-refractivity contribution in [1.82, 2.24) is 24.6 Å². The van der Waals surface area contributed by atoms with E-state index in [0.29, 0.717) is 5.78 Å². The summed E-state index contributed by atoms with van der Waals surface area (Å²) in [7, 11) is 0. The third-order valence-corrected chi connectivity index (χ3v) is 6.36. The third kappa shape index (κ3) is 2.95. The van der Waals surface area contributed by atoms with Crippen molar-refractivity contribution in [1.29, 1.82) is 0 Å². The molecule has 0 radical (unpaired) electrons. The Hall–Kier alpha value is -3.77. The highest BCUT2D eigenvalue weighted by molar-refractivity contribution is 5.82. The maximum atomic E-state index is 6.52. The van der Waals surface area contributed by atoms with Gasteiger partial charge in [0.05, 0.1) is 23.8 Å². The number of nitrogens with one attached hydrogen (secondary N) is 1. The fourth-order valence-corrected chi connectivity index (χ4v) is 4.37. The Balaban J connectivity index is 1.53. The first-order chi connectivity index (χ1) is 15.2. The van der Waals surface area contributed by atoms with E-state index in [9.17, 15) is 0 Å². The molecule has 152 valence electrons. The van der Waals surface area contributed by atoms with E-state index in [0.717, 1.165) is 46.5 Å². The van der Waals surface area contributed by atoms with E-state index in [1.54, 1.807) is 6.20 Å². The first-order valence-electron chi connectivity index (χ1n) is 10.5. The van der Waals surface area contributed by atoms with Crippen LogP contribution in [0.2, 0.25) is 0 Å². The van der Waals surface area contributed by atoms with Gasteiger partial charge in [-0.15, -0.1) is 0 Å². The molecule has 0 spiro atoms. The van der Waals surface area contributed by atoms with Gasteiger partial charge in [0.25, 0.3) is 0 Å². The summed E-state index contributed by atoms with van der Waals surface area (Å²) in [5.74, 6) is 0.657. The molecule has 5 aromatic rings. The monoisotopic (exact) mass is 406 g/mol. The highest BCUT2D eigenvalue weighted by atomic mass is 15.1. The molecular weight excluding hydrogens is 384 g/mol. The van der Waals surface area contributed by atoms with E-state index >= 15 is 0 Å². The zero-order valence-electron chi connectivity index (χ0n) is 17.0. The number of H-pyrrole nitrogens is 1. The van der Waals surface area contributed by atoms with Crippen molar-refractivity contribution >= 4 is 5.78 Å². The maximum absolute atomic E-state index is 6.52. The lowest BCUT2D eigenvalue weighted by Gasteiger charge is -2.38. The van der Waals surface area contributed by atoms with Gasteiger partial charge in [0.2, 0.25) is 5.78 Å².